The molecule has 2 aromatic rings. The number of amides is 1. The average molecular weight is 359 g/mol. The second-order valence-corrected chi connectivity index (χ2v) is 5.38. The highest BCUT2D eigenvalue weighted by Crippen LogP contribution is 2.20. The van der Waals surface area contributed by atoms with E-state index in [0.717, 1.165) is 18.2 Å². The number of halogens is 4. The van der Waals surface area contributed by atoms with Crippen molar-refractivity contribution >= 4 is 34.7 Å². The van der Waals surface area contributed by atoms with E-state index in [4.69, 9.17) is 29.6 Å². The van der Waals surface area contributed by atoms with E-state index in [-0.39, 0.29) is 22.1 Å². The molecule has 3 N–H and O–H groups in total. The molecule has 0 unspecified atom stereocenters. The maximum atomic E-state index is 13.9. The monoisotopic (exact) mass is 358 g/mol. The van der Waals surface area contributed by atoms with Crippen LogP contribution in [0.4, 0.5) is 13.2 Å². The van der Waals surface area contributed by atoms with Gasteiger partial charge in [0, 0.05) is 11.6 Å². The van der Waals surface area contributed by atoms with Crippen LogP contribution in [0.15, 0.2) is 30.3 Å². The van der Waals surface area contributed by atoms with E-state index in [9.17, 15) is 18.0 Å². The first-order chi connectivity index (χ1) is 10.8. The standard InChI is InChI=1S/C15H10ClF3N2OS/c16-10-5-8(17)2-1-7(10)6-21-15(23)12-9(14(20)22)3-4-11(18)13(12)19/h1-5H,6H2,(H2,20,22)(H,21,23). The minimum absolute atomic E-state index is 0.0338. The first-order valence-corrected chi connectivity index (χ1v) is 7.09. The van der Waals surface area contributed by atoms with E-state index in [2.05, 4.69) is 5.32 Å². The molecule has 1 amide bonds. The maximum absolute atomic E-state index is 13.9. The molecule has 0 saturated heterocycles. The van der Waals surface area contributed by atoms with Gasteiger partial charge < -0.3 is 11.1 Å². The molecule has 0 aliphatic carbocycles. The molecule has 2 aromatic carbocycles. The van der Waals surface area contributed by atoms with Crippen LogP contribution in [0.2, 0.25) is 5.02 Å². The van der Waals surface area contributed by atoms with Crippen molar-refractivity contribution in [2.75, 3.05) is 0 Å². The number of carbonyl (C=O) groups excluding carboxylic acids is 1. The number of hydrogen-bond acceptors (Lipinski definition) is 2. The average Bonchev–Trinajstić information content (AvgIpc) is 2.48. The summed E-state index contributed by atoms with van der Waals surface area (Å²) in [5.74, 6) is -3.88. The number of rotatable bonds is 4. The van der Waals surface area contributed by atoms with Gasteiger partial charge in [0.15, 0.2) is 11.6 Å². The highest BCUT2D eigenvalue weighted by molar-refractivity contribution is 7.80. The third-order valence-electron chi connectivity index (χ3n) is 3.04. The van der Waals surface area contributed by atoms with E-state index >= 15 is 0 Å². The first kappa shape index (κ1) is 17.2. The van der Waals surface area contributed by atoms with Crippen LogP contribution in [0.1, 0.15) is 21.5 Å². The van der Waals surface area contributed by atoms with Gasteiger partial charge in [-0.1, -0.05) is 29.9 Å². The van der Waals surface area contributed by atoms with E-state index in [1.807, 2.05) is 0 Å². The van der Waals surface area contributed by atoms with Crippen molar-refractivity contribution in [3.63, 3.8) is 0 Å². The van der Waals surface area contributed by atoms with Crippen LogP contribution in [0.3, 0.4) is 0 Å². The summed E-state index contributed by atoms with van der Waals surface area (Å²) in [5.41, 5.74) is 4.97. The zero-order valence-electron chi connectivity index (χ0n) is 11.5. The number of hydrogen-bond donors (Lipinski definition) is 2. The van der Waals surface area contributed by atoms with Crippen LogP contribution in [0.5, 0.6) is 0 Å². The van der Waals surface area contributed by atoms with Gasteiger partial charge in [0.05, 0.1) is 11.1 Å². The van der Waals surface area contributed by atoms with E-state index in [1.165, 1.54) is 12.1 Å². The molecule has 0 aliphatic rings. The summed E-state index contributed by atoms with van der Waals surface area (Å²) in [6, 6.07) is 5.57. The van der Waals surface area contributed by atoms with Gasteiger partial charge >= 0.3 is 0 Å². The predicted molar refractivity (Wildman–Crippen MR) is 84.8 cm³/mol. The molecule has 0 heterocycles. The quantitative estimate of drug-likeness (QED) is 0.824. The summed E-state index contributed by atoms with van der Waals surface area (Å²) < 4.78 is 40.3. The van der Waals surface area contributed by atoms with Crippen molar-refractivity contribution < 1.29 is 18.0 Å². The molecule has 0 aliphatic heterocycles. The van der Waals surface area contributed by atoms with Crippen molar-refractivity contribution in [1.29, 1.82) is 0 Å². The molecular formula is C15H10ClF3N2OS. The van der Waals surface area contributed by atoms with E-state index in [1.54, 1.807) is 0 Å². The fourth-order valence-electron chi connectivity index (χ4n) is 1.91. The van der Waals surface area contributed by atoms with Crippen LogP contribution in [-0.4, -0.2) is 10.9 Å². The Bertz CT molecular complexity index is 799. The molecule has 120 valence electrons. The minimum atomic E-state index is -1.27. The summed E-state index contributed by atoms with van der Waals surface area (Å²) in [6.45, 7) is 0.0338. The normalized spacial score (nSPS) is 10.4. The summed E-state index contributed by atoms with van der Waals surface area (Å²) >= 11 is 10.9. The summed E-state index contributed by atoms with van der Waals surface area (Å²) in [6.07, 6.45) is 0. The lowest BCUT2D eigenvalue weighted by Gasteiger charge is -2.13. The Kier molecular flexibility index (Phi) is 5.23. The van der Waals surface area contributed by atoms with Crippen LogP contribution >= 0.6 is 23.8 Å². The Morgan fingerprint density at radius 2 is 1.91 bits per heavy atom. The fraction of sp³-hybridized carbons (Fsp3) is 0.0667. The Morgan fingerprint density at radius 1 is 1.22 bits per heavy atom. The first-order valence-electron chi connectivity index (χ1n) is 6.31. The van der Waals surface area contributed by atoms with Crippen molar-refractivity contribution in [2.24, 2.45) is 5.73 Å². The highest BCUT2D eigenvalue weighted by atomic mass is 35.5. The third kappa shape index (κ3) is 3.80. The molecular weight excluding hydrogens is 349 g/mol. The predicted octanol–water partition coefficient (Wildman–Crippen LogP) is 3.32. The maximum Gasteiger partial charge on any atom is 0.249 e. The number of carbonyl (C=O) groups is 1. The number of thiocarbonyl (C=S) groups is 1. The largest absolute Gasteiger partial charge is 0.372 e. The molecule has 3 nitrogen and oxygen atoms in total. The zero-order valence-corrected chi connectivity index (χ0v) is 13.1. The molecule has 0 aromatic heterocycles. The topological polar surface area (TPSA) is 55.1 Å². The van der Waals surface area contributed by atoms with Gasteiger partial charge in [-0.3, -0.25) is 4.79 Å². The minimum Gasteiger partial charge on any atom is -0.372 e. The van der Waals surface area contributed by atoms with E-state index in [0.29, 0.717) is 5.56 Å². The van der Waals surface area contributed by atoms with Gasteiger partial charge in [0.1, 0.15) is 10.8 Å². The van der Waals surface area contributed by atoms with Crippen molar-refractivity contribution in [3.05, 3.63) is 69.5 Å². The van der Waals surface area contributed by atoms with Crippen LogP contribution in [0, 0.1) is 17.5 Å². The third-order valence-corrected chi connectivity index (χ3v) is 3.74. The lowest BCUT2D eigenvalue weighted by molar-refractivity contribution is 0.0999. The molecule has 0 atom stereocenters. The zero-order chi connectivity index (χ0) is 17.1. The summed E-state index contributed by atoms with van der Waals surface area (Å²) in [5, 5.41) is 2.80. The van der Waals surface area contributed by atoms with Gasteiger partial charge in [0.2, 0.25) is 5.91 Å². The van der Waals surface area contributed by atoms with Crippen LogP contribution in [-0.2, 0) is 6.54 Å². The lowest BCUT2D eigenvalue weighted by atomic mass is 10.1. The molecule has 2 rings (SSSR count). The van der Waals surface area contributed by atoms with Crippen LogP contribution in [0.25, 0.3) is 0 Å². The van der Waals surface area contributed by atoms with Gasteiger partial charge in [-0.2, -0.15) is 0 Å². The molecule has 0 fully saturated rings. The Morgan fingerprint density at radius 3 is 2.52 bits per heavy atom. The number of benzene rings is 2. The smallest absolute Gasteiger partial charge is 0.249 e. The Hall–Kier alpha value is -2.12. The second-order valence-electron chi connectivity index (χ2n) is 4.57. The van der Waals surface area contributed by atoms with Gasteiger partial charge in [-0.05, 0) is 29.8 Å². The Balaban J connectivity index is 2.27. The van der Waals surface area contributed by atoms with Crippen molar-refractivity contribution in [2.45, 2.75) is 6.54 Å². The molecule has 8 heteroatoms. The van der Waals surface area contributed by atoms with E-state index < -0.39 is 28.9 Å². The highest BCUT2D eigenvalue weighted by Gasteiger charge is 2.20. The number of primary amides is 1. The van der Waals surface area contributed by atoms with Crippen LogP contribution < -0.4 is 11.1 Å². The van der Waals surface area contributed by atoms with Crippen molar-refractivity contribution in [3.8, 4) is 0 Å². The molecule has 0 bridgehead atoms. The molecule has 23 heavy (non-hydrogen) atoms. The second kappa shape index (κ2) is 6.97. The molecule has 0 radical (unpaired) electrons. The van der Waals surface area contributed by atoms with Gasteiger partial charge in [-0.25, -0.2) is 13.2 Å². The molecule has 0 saturated carbocycles. The van der Waals surface area contributed by atoms with Crippen molar-refractivity contribution in [1.82, 2.24) is 5.32 Å². The SMILES string of the molecule is NC(=O)c1ccc(F)c(F)c1C(=S)NCc1ccc(F)cc1Cl. The molecule has 0 spiro atoms. The number of nitrogens with one attached hydrogen (secondary N) is 1. The summed E-state index contributed by atoms with van der Waals surface area (Å²) in [4.78, 5) is 11.1. The van der Waals surface area contributed by atoms with Gasteiger partial charge in [0.25, 0.3) is 0 Å². The number of nitrogens with two attached hydrogens (primary N) is 1. The Labute approximate surface area is 140 Å². The lowest BCUT2D eigenvalue weighted by Crippen LogP contribution is -2.27. The fourth-order valence-corrected chi connectivity index (χ4v) is 2.41. The summed E-state index contributed by atoms with van der Waals surface area (Å²) in [7, 11) is 0. The van der Waals surface area contributed by atoms with Gasteiger partial charge in [-0.15, -0.1) is 0 Å².